The van der Waals surface area contributed by atoms with Crippen LogP contribution in [-0.2, 0) is 10.0 Å². The van der Waals surface area contributed by atoms with Gasteiger partial charge >= 0.3 is 0 Å². The summed E-state index contributed by atoms with van der Waals surface area (Å²) < 4.78 is 40.7. The Kier molecular flexibility index (Phi) is 4.49. The largest absolute Gasteiger partial charge is 0.314 e. The lowest BCUT2D eigenvalue weighted by atomic mass is 10.2. The third kappa shape index (κ3) is 2.90. The Bertz CT molecular complexity index is 644. The van der Waals surface area contributed by atoms with Gasteiger partial charge in [0.05, 0.1) is 4.90 Å². The molecule has 22 heavy (non-hydrogen) atoms. The molecule has 3 rings (SSSR count). The first-order valence-corrected chi connectivity index (χ1v) is 9.14. The van der Waals surface area contributed by atoms with E-state index in [9.17, 15) is 12.8 Å². The van der Waals surface area contributed by atoms with Crippen LogP contribution in [-0.4, -0.2) is 62.9 Å². The molecule has 0 saturated carbocycles. The van der Waals surface area contributed by atoms with E-state index >= 15 is 0 Å². The molecule has 1 atom stereocenters. The second-order valence-electron chi connectivity index (χ2n) is 5.95. The Labute approximate surface area is 131 Å². The van der Waals surface area contributed by atoms with E-state index in [1.165, 1.54) is 29.4 Å². The maximum absolute atomic E-state index is 13.7. The standard InChI is InChI=1S/C15H22FN3O2S/c1-12-14(16)3-2-4-15(12)22(20,21)19-8-5-13(11-19)18-9-6-17-7-10-18/h2-4,13,17H,5-11H2,1H3. The molecule has 2 saturated heterocycles. The van der Waals surface area contributed by atoms with Crippen LogP contribution in [0.5, 0.6) is 0 Å². The Morgan fingerprint density at radius 1 is 1.23 bits per heavy atom. The number of hydrogen-bond acceptors (Lipinski definition) is 4. The fraction of sp³-hybridized carbons (Fsp3) is 0.600. The molecule has 122 valence electrons. The highest BCUT2D eigenvalue weighted by molar-refractivity contribution is 7.89. The van der Waals surface area contributed by atoms with Crippen LogP contribution < -0.4 is 5.32 Å². The van der Waals surface area contributed by atoms with Crippen molar-refractivity contribution in [2.75, 3.05) is 39.3 Å². The molecule has 0 aromatic heterocycles. The van der Waals surface area contributed by atoms with Gasteiger partial charge in [0.1, 0.15) is 5.82 Å². The van der Waals surface area contributed by atoms with Gasteiger partial charge in [-0.2, -0.15) is 4.31 Å². The number of benzene rings is 1. The van der Waals surface area contributed by atoms with E-state index in [0.717, 1.165) is 32.6 Å². The molecular formula is C15H22FN3O2S. The van der Waals surface area contributed by atoms with Crippen molar-refractivity contribution in [3.8, 4) is 0 Å². The fourth-order valence-electron chi connectivity index (χ4n) is 3.28. The van der Waals surface area contributed by atoms with Gasteiger partial charge in [0.25, 0.3) is 0 Å². The van der Waals surface area contributed by atoms with Crippen LogP contribution in [0.3, 0.4) is 0 Å². The van der Waals surface area contributed by atoms with E-state index in [1.807, 2.05) is 0 Å². The summed E-state index contributed by atoms with van der Waals surface area (Å²) in [5, 5.41) is 3.30. The minimum atomic E-state index is -3.61. The molecule has 0 bridgehead atoms. The zero-order valence-corrected chi connectivity index (χ0v) is 13.6. The summed E-state index contributed by atoms with van der Waals surface area (Å²) >= 11 is 0. The number of nitrogens with zero attached hydrogens (tertiary/aromatic N) is 2. The molecule has 2 heterocycles. The van der Waals surface area contributed by atoms with Crippen molar-refractivity contribution in [2.24, 2.45) is 0 Å². The van der Waals surface area contributed by atoms with Gasteiger partial charge in [0.2, 0.25) is 10.0 Å². The summed E-state index contributed by atoms with van der Waals surface area (Å²) in [6.45, 7) is 6.34. The lowest BCUT2D eigenvalue weighted by molar-refractivity contribution is 0.179. The predicted octanol–water partition coefficient (Wildman–Crippen LogP) is 0.802. The maximum atomic E-state index is 13.7. The first kappa shape index (κ1) is 15.9. The first-order chi connectivity index (χ1) is 10.5. The van der Waals surface area contributed by atoms with E-state index in [4.69, 9.17) is 0 Å². The highest BCUT2D eigenvalue weighted by Gasteiger charge is 2.36. The average Bonchev–Trinajstić information content (AvgIpc) is 3.01. The summed E-state index contributed by atoms with van der Waals surface area (Å²) in [6, 6.07) is 4.51. The molecule has 2 aliphatic heterocycles. The van der Waals surface area contributed by atoms with E-state index in [-0.39, 0.29) is 16.5 Å². The summed E-state index contributed by atoms with van der Waals surface area (Å²) in [6.07, 6.45) is 0.841. The van der Waals surface area contributed by atoms with Gasteiger partial charge in [0.15, 0.2) is 0 Å². The van der Waals surface area contributed by atoms with Crippen molar-refractivity contribution in [2.45, 2.75) is 24.3 Å². The Morgan fingerprint density at radius 3 is 2.68 bits per heavy atom. The van der Waals surface area contributed by atoms with E-state index < -0.39 is 15.8 Å². The molecule has 1 aromatic carbocycles. The minimum Gasteiger partial charge on any atom is -0.314 e. The van der Waals surface area contributed by atoms with Crippen molar-refractivity contribution in [1.29, 1.82) is 0 Å². The summed E-state index contributed by atoms with van der Waals surface area (Å²) in [7, 11) is -3.61. The average molecular weight is 327 g/mol. The predicted molar refractivity (Wildman–Crippen MR) is 82.7 cm³/mol. The van der Waals surface area contributed by atoms with Crippen LogP contribution in [0, 0.1) is 12.7 Å². The van der Waals surface area contributed by atoms with Gasteiger partial charge in [0, 0.05) is 50.9 Å². The van der Waals surface area contributed by atoms with Crippen molar-refractivity contribution in [3.05, 3.63) is 29.6 Å². The topological polar surface area (TPSA) is 52.7 Å². The zero-order valence-electron chi connectivity index (χ0n) is 12.8. The second-order valence-corrected chi connectivity index (χ2v) is 7.86. The van der Waals surface area contributed by atoms with Crippen LogP contribution in [0.1, 0.15) is 12.0 Å². The number of piperazine rings is 1. The Balaban J connectivity index is 1.78. The maximum Gasteiger partial charge on any atom is 0.243 e. The highest BCUT2D eigenvalue weighted by Crippen LogP contribution is 2.26. The highest BCUT2D eigenvalue weighted by atomic mass is 32.2. The van der Waals surface area contributed by atoms with E-state index in [1.54, 1.807) is 0 Å². The zero-order chi connectivity index (χ0) is 15.7. The van der Waals surface area contributed by atoms with Gasteiger partial charge in [-0.25, -0.2) is 12.8 Å². The number of sulfonamides is 1. The Hall–Kier alpha value is -1.02. The van der Waals surface area contributed by atoms with Gasteiger partial charge in [-0.1, -0.05) is 6.07 Å². The van der Waals surface area contributed by atoms with Crippen molar-refractivity contribution >= 4 is 10.0 Å². The van der Waals surface area contributed by atoms with Crippen LogP contribution in [0.4, 0.5) is 4.39 Å². The molecule has 0 amide bonds. The quantitative estimate of drug-likeness (QED) is 0.892. The van der Waals surface area contributed by atoms with Gasteiger partial charge in [-0.3, -0.25) is 4.90 Å². The molecule has 2 fully saturated rings. The third-order valence-electron chi connectivity index (χ3n) is 4.63. The van der Waals surface area contributed by atoms with Crippen LogP contribution in [0.25, 0.3) is 0 Å². The smallest absolute Gasteiger partial charge is 0.243 e. The third-order valence-corrected chi connectivity index (χ3v) is 6.64. The summed E-state index contributed by atoms with van der Waals surface area (Å²) in [4.78, 5) is 2.44. The van der Waals surface area contributed by atoms with Crippen LogP contribution >= 0.6 is 0 Å². The lowest BCUT2D eigenvalue weighted by Gasteiger charge is -2.32. The molecule has 0 spiro atoms. The normalized spacial score (nSPS) is 24.7. The van der Waals surface area contributed by atoms with Crippen LogP contribution in [0.2, 0.25) is 0 Å². The van der Waals surface area contributed by atoms with Gasteiger partial charge in [-0.15, -0.1) is 0 Å². The summed E-state index contributed by atoms with van der Waals surface area (Å²) in [5.41, 5.74) is 0.202. The van der Waals surface area contributed by atoms with Crippen molar-refractivity contribution in [3.63, 3.8) is 0 Å². The number of rotatable bonds is 3. The first-order valence-electron chi connectivity index (χ1n) is 7.70. The fourth-order valence-corrected chi connectivity index (χ4v) is 5.01. The van der Waals surface area contributed by atoms with E-state index in [0.29, 0.717) is 13.1 Å². The molecule has 1 unspecified atom stereocenters. The summed E-state index contributed by atoms with van der Waals surface area (Å²) in [5.74, 6) is -0.473. The number of halogens is 1. The molecule has 5 nitrogen and oxygen atoms in total. The lowest BCUT2D eigenvalue weighted by Crippen LogP contribution is -2.49. The van der Waals surface area contributed by atoms with Crippen molar-refractivity contribution < 1.29 is 12.8 Å². The van der Waals surface area contributed by atoms with Gasteiger partial charge in [-0.05, 0) is 25.5 Å². The Morgan fingerprint density at radius 2 is 1.95 bits per heavy atom. The van der Waals surface area contributed by atoms with E-state index in [2.05, 4.69) is 10.2 Å². The molecular weight excluding hydrogens is 305 g/mol. The number of nitrogens with one attached hydrogen (secondary N) is 1. The molecule has 0 radical (unpaired) electrons. The van der Waals surface area contributed by atoms with Crippen molar-refractivity contribution in [1.82, 2.24) is 14.5 Å². The van der Waals surface area contributed by atoms with Crippen LogP contribution in [0.15, 0.2) is 23.1 Å². The molecule has 0 aliphatic carbocycles. The monoisotopic (exact) mass is 327 g/mol. The van der Waals surface area contributed by atoms with Gasteiger partial charge < -0.3 is 5.32 Å². The second kappa shape index (κ2) is 6.23. The number of hydrogen-bond donors (Lipinski definition) is 1. The molecule has 7 heteroatoms. The molecule has 2 aliphatic rings. The molecule has 1 aromatic rings. The molecule has 1 N–H and O–H groups in total. The minimum absolute atomic E-state index is 0.0912. The SMILES string of the molecule is Cc1c(F)cccc1S(=O)(=O)N1CCC(N2CCNCC2)C1.